The van der Waals surface area contributed by atoms with Gasteiger partial charge in [0.1, 0.15) is 15.3 Å². The Balaban J connectivity index is 1.84. The molecule has 1 aliphatic heterocycles. The van der Waals surface area contributed by atoms with Gasteiger partial charge in [0.25, 0.3) is 17.9 Å². The zero-order valence-corrected chi connectivity index (χ0v) is 19.3. The van der Waals surface area contributed by atoms with Gasteiger partial charge in [0, 0.05) is 25.0 Å². The second-order valence-electron chi connectivity index (χ2n) is 7.70. The summed E-state index contributed by atoms with van der Waals surface area (Å²) in [6.07, 6.45) is 2.27. The Bertz CT molecular complexity index is 1190. The topological polar surface area (TPSA) is 90.2 Å². The maximum absolute atomic E-state index is 12.8. The molecule has 2 heterocycles. The van der Waals surface area contributed by atoms with Crippen molar-refractivity contribution in [2.45, 2.75) is 39.2 Å². The zero-order chi connectivity index (χ0) is 23.8. The molecule has 7 nitrogen and oxygen atoms in total. The molecular formula is C23H27F2N5O2S. The molecule has 0 unspecified atom stereocenters. The predicted octanol–water partition coefficient (Wildman–Crippen LogP) is 1.47. The van der Waals surface area contributed by atoms with E-state index in [4.69, 9.17) is 0 Å². The highest BCUT2D eigenvalue weighted by atomic mass is 32.1. The van der Waals surface area contributed by atoms with Gasteiger partial charge >= 0.3 is 0 Å². The lowest BCUT2D eigenvalue weighted by molar-refractivity contribution is -0.116. The van der Waals surface area contributed by atoms with Crippen molar-refractivity contribution in [2.24, 2.45) is 0 Å². The molecule has 0 saturated carbocycles. The molecule has 0 aliphatic carbocycles. The number of anilines is 1. The van der Waals surface area contributed by atoms with E-state index in [0.717, 1.165) is 43.1 Å². The Morgan fingerprint density at radius 3 is 2.76 bits per heavy atom. The van der Waals surface area contributed by atoms with E-state index in [1.165, 1.54) is 23.0 Å². The molecule has 33 heavy (non-hydrogen) atoms. The number of thiazole rings is 1. The molecule has 1 saturated heterocycles. The summed E-state index contributed by atoms with van der Waals surface area (Å²) in [5, 5.41) is 14.6. The molecule has 2 N–H and O–H groups in total. The molecule has 1 amide bonds. The van der Waals surface area contributed by atoms with Gasteiger partial charge in [0.05, 0.1) is 6.54 Å². The second kappa shape index (κ2) is 11.7. The minimum Gasteiger partial charge on any atom is -0.360 e. The highest BCUT2D eigenvalue weighted by Crippen LogP contribution is 2.13. The maximum atomic E-state index is 12.8. The van der Waals surface area contributed by atoms with Crippen LogP contribution in [0.4, 0.5) is 14.5 Å². The zero-order valence-electron chi connectivity index (χ0n) is 18.4. The van der Waals surface area contributed by atoms with Gasteiger partial charge in [-0.25, -0.2) is 8.78 Å². The number of benzene rings is 1. The van der Waals surface area contributed by atoms with E-state index < -0.39 is 18.9 Å². The fourth-order valence-corrected chi connectivity index (χ4v) is 4.79. The lowest BCUT2D eigenvalue weighted by Gasteiger charge is -2.14. The summed E-state index contributed by atoms with van der Waals surface area (Å²) in [6.45, 7) is 4.40. The third-order valence-electron chi connectivity index (χ3n) is 5.41. The smallest absolute Gasteiger partial charge is 0.270 e. The van der Waals surface area contributed by atoms with Crippen LogP contribution in [0.25, 0.3) is 11.8 Å². The number of aromatic nitrogens is 1. The fourth-order valence-electron chi connectivity index (χ4n) is 3.71. The predicted molar refractivity (Wildman–Crippen MR) is 125 cm³/mol. The van der Waals surface area contributed by atoms with Crippen LogP contribution in [-0.2, 0) is 17.8 Å². The molecule has 0 atom stereocenters. The van der Waals surface area contributed by atoms with Crippen LogP contribution < -0.4 is 25.4 Å². The van der Waals surface area contributed by atoms with E-state index in [2.05, 4.69) is 16.3 Å². The molecular weight excluding hydrogens is 448 g/mol. The highest BCUT2D eigenvalue weighted by molar-refractivity contribution is 7.07. The van der Waals surface area contributed by atoms with Crippen molar-refractivity contribution in [2.75, 3.05) is 31.5 Å². The van der Waals surface area contributed by atoms with Gasteiger partial charge in [-0.1, -0.05) is 12.1 Å². The minimum absolute atomic E-state index is 0.143. The number of halogens is 2. The van der Waals surface area contributed by atoms with Crippen molar-refractivity contribution in [1.29, 1.82) is 5.26 Å². The summed E-state index contributed by atoms with van der Waals surface area (Å²) in [4.78, 5) is 27.4. The normalized spacial score (nSPS) is 15.5. The Morgan fingerprint density at radius 2 is 2.09 bits per heavy atom. The molecule has 0 bridgehead atoms. The van der Waals surface area contributed by atoms with Gasteiger partial charge in [0.2, 0.25) is 0 Å². The molecule has 3 rings (SSSR count). The van der Waals surface area contributed by atoms with Gasteiger partial charge in [-0.15, -0.1) is 11.3 Å². The number of nitrogens with one attached hydrogen (secondary N) is 2. The van der Waals surface area contributed by atoms with Crippen LogP contribution in [-0.4, -0.2) is 48.0 Å². The van der Waals surface area contributed by atoms with Crippen LogP contribution in [0.2, 0.25) is 0 Å². The van der Waals surface area contributed by atoms with E-state index in [1.54, 1.807) is 19.2 Å². The van der Waals surface area contributed by atoms with Gasteiger partial charge in [-0.2, -0.15) is 5.26 Å². The Kier molecular flexibility index (Phi) is 8.74. The first-order valence-electron chi connectivity index (χ1n) is 10.9. The molecule has 10 heteroatoms. The fraction of sp³-hybridized carbons (Fsp3) is 0.435. The van der Waals surface area contributed by atoms with Crippen molar-refractivity contribution < 1.29 is 13.6 Å². The van der Waals surface area contributed by atoms with E-state index >= 15 is 0 Å². The summed E-state index contributed by atoms with van der Waals surface area (Å²) in [6, 6.07) is 9.70. The first-order valence-corrected chi connectivity index (χ1v) is 11.7. The molecule has 1 fully saturated rings. The minimum atomic E-state index is -2.73. The van der Waals surface area contributed by atoms with E-state index in [1.807, 2.05) is 23.5 Å². The average molecular weight is 476 g/mol. The summed E-state index contributed by atoms with van der Waals surface area (Å²) < 4.78 is 26.6. The second-order valence-corrected chi connectivity index (χ2v) is 8.73. The number of carbonyl (C=O) groups excluding carboxylic acids is 1. The third-order valence-corrected chi connectivity index (χ3v) is 6.54. The molecule has 1 aliphatic rings. The van der Waals surface area contributed by atoms with Crippen molar-refractivity contribution in [3.63, 3.8) is 0 Å². The summed E-state index contributed by atoms with van der Waals surface area (Å²) in [7, 11) is 0. The quantitative estimate of drug-likeness (QED) is 0.573. The highest BCUT2D eigenvalue weighted by Gasteiger charge is 2.16. The Labute approximate surface area is 194 Å². The first-order chi connectivity index (χ1) is 15.9. The van der Waals surface area contributed by atoms with Crippen LogP contribution in [0.15, 0.2) is 29.1 Å². The van der Waals surface area contributed by atoms with Crippen molar-refractivity contribution >= 4 is 34.7 Å². The largest absolute Gasteiger partial charge is 0.360 e. The number of rotatable bonds is 9. The molecule has 1 aromatic carbocycles. The SMILES string of the molecule is CCn1c(=C(C#N)C(=O)NCC(F)F)sc(=CNc2cccc(CCN3CCCC3)c2)c1=O. The summed E-state index contributed by atoms with van der Waals surface area (Å²) in [5.74, 6) is -0.925. The maximum Gasteiger partial charge on any atom is 0.270 e. The average Bonchev–Trinajstić information content (AvgIpc) is 3.43. The van der Waals surface area contributed by atoms with Gasteiger partial charge < -0.3 is 15.5 Å². The molecule has 0 radical (unpaired) electrons. The van der Waals surface area contributed by atoms with E-state index in [9.17, 15) is 23.6 Å². The van der Waals surface area contributed by atoms with Crippen molar-refractivity contribution in [3.8, 4) is 6.07 Å². The standard InChI is InChI=1S/C23H27F2N5O2S/c1-2-30-22(32)19(33-23(30)18(13-26)21(31)28-15-20(24)25)14-27-17-7-5-6-16(12-17)8-11-29-9-3-4-10-29/h5-7,12,14,20,27H,2-4,8-11,15H2,1H3,(H,28,31). The van der Waals surface area contributed by atoms with Gasteiger partial charge in [0.15, 0.2) is 5.57 Å². The van der Waals surface area contributed by atoms with E-state index in [0.29, 0.717) is 4.53 Å². The summed E-state index contributed by atoms with van der Waals surface area (Å²) >= 11 is 0.974. The summed E-state index contributed by atoms with van der Waals surface area (Å²) in [5.41, 5.74) is 1.30. The van der Waals surface area contributed by atoms with E-state index in [-0.39, 0.29) is 22.3 Å². The number of hydrogen-bond donors (Lipinski definition) is 2. The Morgan fingerprint density at radius 1 is 1.33 bits per heavy atom. The number of carbonyl (C=O) groups is 1. The number of nitriles is 1. The van der Waals surface area contributed by atoms with Crippen LogP contribution >= 0.6 is 11.3 Å². The number of likely N-dealkylation sites (tertiary alicyclic amines) is 1. The molecule has 0 spiro atoms. The molecule has 2 aromatic rings. The van der Waals surface area contributed by atoms with Crippen molar-refractivity contribution in [1.82, 2.24) is 14.8 Å². The molecule has 1 aromatic heterocycles. The van der Waals surface area contributed by atoms with Crippen LogP contribution in [0.5, 0.6) is 0 Å². The lowest BCUT2D eigenvalue weighted by atomic mass is 10.1. The van der Waals surface area contributed by atoms with Crippen LogP contribution in [0.1, 0.15) is 25.3 Å². The van der Waals surface area contributed by atoms with Crippen LogP contribution in [0.3, 0.4) is 0 Å². The number of nitrogens with zero attached hydrogens (tertiary/aromatic N) is 3. The first kappa shape index (κ1) is 24.6. The molecule has 176 valence electrons. The Hall–Kier alpha value is -3.03. The van der Waals surface area contributed by atoms with Gasteiger partial charge in [-0.3, -0.25) is 14.2 Å². The number of alkyl halides is 2. The van der Waals surface area contributed by atoms with Crippen LogP contribution in [0, 0.1) is 11.3 Å². The lowest BCUT2D eigenvalue weighted by Crippen LogP contribution is -2.35. The third kappa shape index (κ3) is 6.49. The van der Waals surface area contributed by atoms with Crippen molar-refractivity contribution in [3.05, 3.63) is 49.4 Å². The number of hydrogen-bond acceptors (Lipinski definition) is 6. The van der Waals surface area contributed by atoms with Gasteiger partial charge in [-0.05, 0) is 57.0 Å². The number of amides is 1. The monoisotopic (exact) mass is 475 g/mol.